The van der Waals surface area contributed by atoms with Crippen molar-refractivity contribution in [1.29, 1.82) is 0 Å². The molecule has 0 spiro atoms. The van der Waals surface area contributed by atoms with E-state index in [1.165, 1.54) is 0 Å². The standard InChI is InChI=1S/C8H19O4P/c1-3-5-6-8(4-2)7-12-13(9,10)11/h8H,3-7H2,1-2H3,(H2,9,10,11)/p-2/t8-/m1/s1. The summed E-state index contributed by atoms with van der Waals surface area (Å²) in [6.07, 6.45) is 3.89. The van der Waals surface area contributed by atoms with Gasteiger partial charge in [-0.2, -0.15) is 0 Å². The van der Waals surface area contributed by atoms with E-state index >= 15 is 0 Å². The third-order valence-electron chi connectivity index (χ3n) is 2.01. The molecule has 0 N–H and O–H groups in total. The van der Waals surface area contributed by atoms with Gasteiger partial charge >= 0.3 is 0 Å². The van der Waals surface area contributed by atoms with Crippen LogP contribution in [0.4, 0.5) is 0 Å². The molecule has 1 atom stereocenters. The molecular formula is C8H17O4P-2. The van der Waals surface area contributed by atoms with Gasteiger partial charge in [-0.25, -0.2) is 0 Å². The molecule has 0 aromatic rings. The minimum atomic E-state index is -4.76. The van der Waals surface area contributed by atoms with Crippen LogP contribution >= 0.6 is 7.82 Å². The molecule has 0 radical (unpaired) electrons. The highest BCUT2D eigenvalue weighted by atomic mass is 31.2. The fourth-order valence-corrected chi connectivity index (χ4v) is 1.49. The lowest BCUT2D eigenvalue weighted by atomic mass is 10.0. The lowest BCUT2D eigenvalue weighted by Gasteiger charge is -2.30. The van der Waals surface area contributed by atoms with Gasteiger partial charge in [0.2, 0.25) is 0 Å². The van der Waals surface area contributed by atoms with Crippen LogP contribution in [-0.4, -0.2) is 6.61 Å². The topological polar surface area (TPSA) is 72.4 Å². The molecule has 0 saturated heterocycles. The maximum Gasteiger partial charge on any atom is 0.0596 e. The molecular weight excluding hydrogens is 191 g/mol. The molecule has 0 heterocycles. The molecule has 0 rings (SSSR count). The Labute approximate surface area is 79.5 Å². The van der Waals surface area contributed by atoms with Crippen LogP contribution in [0.1, 0.15) is 39.5 Å². The highest BCUT2D eigenvalue weighted by Crippen LogP contribution is 2.27. The molecule has 0 bridgehead atoms. The summed E-state index contributed by atoms with van der Waals surface area (Å²) in [5, 5.41) is 0. The summed E-state index contributed by atoms with van der Waals surface area (Å²) in [5.74, 6) is 0.191. The monoisotopic (exact) mass is 208 g/mol. The number of hydrogen-bond donors (Lipinski definition) is 0. The number of phosphoric acid groups is 1. The molecule has 0 unspecified atom stereocenters. The van der Waals surface area contributed by atoms with Crippen molar-refractivity contribution >= 4 is 7.82 Å². The van der Waals surface area contributed by atoms with Crippen molar-refractivity contribution in [3.63, 3.8) is 0 Å². The van der Waals surface area contributed by atoms with Crippen LogP contribution in [0.25, 0.3) is 0 Å². The maximum atomic E-state index is 10.2. The van der Waals surface area contributed by atoms with Gasteiger partial charge in [-0.15, -0.1) is 0 Å². The van der Waals surface area contributed by atoms with E-state index in [2.05, 4.69) is 11.4 Å². The average Bonchev–Trinajstić information content (AvgIpc) is 2.03. The second kappa shape index (κ2) is 6.55. The molecule has 0 saturated carbocycles. The summed E-state index contributed by atoms with van der Waals surface area (Å²) in [6, 6.07) is 0. The van der Waals surface area contributed by atoms with Crippen LogP contribution < -0.4 is 9.79 Å². The Hall–Kier alpha value is 0.110. The van der Waals surface area contributed by atoms with Crippen molar-refractivity contribution in [2.24, 2.45) is 5.92 Å². The summed E-state index contributed by atoms with van der Waals surface area (Å²) in [6.45, 7) is 4.07. The Bertz CT molecular complexity index is 166. The van der Waals surface area contributed by atoms with E-state index in [1.807, 2.05) is 6.92 Å². The van der Waals surface area contributed by atoms with Crippen LogP contribution in [0.2, 0.25) is 0 Å². The van der Waals surface area contributed by atoms with Crippen LogP contribution in [0.3, 0.4) is 0 Å². The fraction of sp³-hybridized carbons (Fsp3) is 1.00. The van der Waals surface area contributed by atoms with Gasteiger partial charge in [0.15, 0.2) is 0 Å². The van der Waals surface area contributed by atoms with Gasteiger partial charge in [-0.1, -0.05) is 33.1 Å². The number of rotatable bonds is 7. The van der Waals surface area contributed by atoms with Crippen LogP contribution in [-0.2, 0) is 9.09 Å². The Morgan fingerprint density at radius 2 is 2.00 bits per heavy atom. The molecule has 0 amide bonds. The molecule has 5 heteroatoms. The van der Waals surface area contributed by atoms with Gasteiger partial charge in [-0.3, -0.25) is 0 Å². The van der Waals surface area contributed by atoms with Gasteiger partial charge in [0.1, 0.15) is 0 Å². The maximum absolute atomic E-state index is 10.2. The molecule has 4 nitrogen and oxygen atoms in total. The summed E-state index contributed by atoms with van der Waals surface area (Å²) in [5.41, 5.74) is 0. The Kier molecular flexibility index (Phi) is 6.60. The van der Waals surface area contributed by atoms with E-state index < -0.39 is 7.82 Å². The summed E-state index contributed by atoms with van der Waals surface area (Å²) < 4.78 is 14.4. The Morgan fingerprint density at radius 1 is 1.38 bits per heavy atom. The zero-order chi connectivity index (χ0) is 10.3. The molecule has 80 valence electrons. The van der Waals surface area contributed by atoms with Crippen molar-refractivity contribution in [3.8, 4) is 0 Å². The molecule has 0 aromatic heterocycles. The highest BCUT2D eigenvalue weighted by molar-refractivity contribution is 7.43. The average molecular weight is 208 g/mol. The smallest absolute Gasteiger partial charge is 0.0596 e. The number of hydrogen-bond acceptors (Lipinski definition) is 4. The summed E-state index contributed by atoms with van der Waals surface area (Å²) in [7, 11) is -4.76. The second-order valence-corrected chi connectivity index (χ2v) is 4.31. The third-order valence-corrected chi connectivity index (χ3v) is 2.48. The van der Waals surface area contributed by atoms with Crippen molar-refractivity contribution in [3.05, 3.63) is 0 Å². The largest absolute Gasteiger partial charge is 0.790 e. The molecule has 0 aromatic carbocycles. The van der Waals surface area contributed by atoms with E-state index in [4.69, 9.17) is 0 Å². The third kappa shape index (κ3) is 8.44. The Morgan fingerprint density at radius 3 is 2.38 bits per heavy atom. The van der Waals surface area contributed by atoms with E-state index in [1.54, 1.807) is 0 Å². The van der Waals surface area contributed by atoms with Crippen LogP contribution in [0.15, 0.2) is 0 Å². The van der Waals surface area contributed by atoms with Crippen LogP contribution in [0, 0.1) is 5.92 Å². The Balaban J connectivity index is 3.65. The van der Waals surface area contributed by atoms with Gasteiger partial charge in [0.25, 0.3) is 0 Å². The van der Waals surface area contributed by atoms with Crippen molar-refractivity contribution in [2.45, 2.75) is 39.5 Å². The van der Waals surface area contributed by atoms with E-state index in [0.29, 0.717) is 0 Å². The lowest BCUT2D eigenvalue weighted by molar-refractivity contribution is -0.342. The van der Waals surface area contributed by atoms with Gasteiger partial charge < -0.3 is 18.9 Å². The van der Waals surface area contributed by atoms with Crippen molar-refractivity contribution in [1.82, 2.24) is 0 Å². The minimum absolute atomic E-state index is 0.0424. The first-order valence-corrected chi connectivity index (χ1v) is 6.12. The highest BCUT2D eigenvalue weighted by Gasteiger charge is 2.06. The van der Waals surface area contributed by atoms with Gasteiger partial charge in [0.05, 0.1) is 14.4 Å². The van der Waals surface area contributed by atoms with Gasteiger partial charge in [0, 0.05) is 0 Å². The van der Waals surface area contributed by atoms with E-state index in [0.717, 1.165) is 25.7 Å². The first-order chi connectivity index (χ1) is 5.99. The van der Waals surface area contributed by atoms with E-state index in [9.17, 15) is 14.4 Å². The zero-order valence-electron chi connectivity index (χ0n) is 8.19. The normalized spacial score (nSPS) is 14.5. The molecule has 0 fully saturated rings. The van der Waals surface area contributed by atoms with Gasteiger partial charge in [-0.05, 0) is 12.3 Å². The first kappa shape index (κ1) is 13.1. The molecule has 0 aliphatic rings. The summed E-state index contributed by atoms with van der Waals surface area (Å²) in [4.78, 5) is 20.4. The number of phosphoric ester groups is 1. The number of unbranched alkanes of at least 4 members (excludes halogenated alkanes) is 1. The molecule has 0 aliphatic carbocycles. The quantitative estimate of drug-likeness (QED) is 0.586. The van der Waals surface area contributed by atoms with Crippen molar-refractivity contribution < 1.29 is 18.9 Å². The second-order valence-electron chi connectivity index (χ2n) is 3.16. The predicted molar refractivity (Wildman–Crippen MR) is 46.9 cm³/mol. The lowest BCUT2D eigenvalue weighted by Crippen LogP contribution is -2.19. The molecule has 0 aliphatic heterocycles. The minimum Gasteiger partial charge on any atom is -0.790 e. The predicted octanol–water partition coefficient (Wildman–Crippen LogP) is 1.05. The first-order valence-electron chi connectivity index (χ1n) is 4.66. The fourth-order valence-electron chi connectivity index (χ4n) is 1.09. The summed E-state index contributed by atoms with van der Waals surface area (Å²) >= 11 is 0. The molecule has 13 heavy (non-hydrogen) atoms. The SMILES string of the molecule is CCCC[C@@H](CC)COP(=O)([O-])[O-]. The van der Waals surface area contributed by atoms with Crippen LogP contribution in [0.5, 0.6) is 0 Å². The van der Waals surface area contributed by atoms with E-state index in [-0.39, 0.29) is 12.5 Å². The van der Waals surface area contributed by atoms with Crippen molar-refractivity contribution in [2.75, 3.05) is 6.61 Å². The zero-order valence-corrected chi connectivity index (χ0v) is 9.09.